The number of unbranched alkanes of at least 4 members (excludes halogenated alkanes) is 1. The lowest BCUT2D eigenvalue weighted by Gasteiger charge is -2.29. The third-order valence-electron chi connectivity index (χ3n) is 5.28. The van der Waals surface area contributed by atoms with Crippen molar-refractivity contribution in [2.45, 2.75) is 66.5 Å². The largest absolute Gasteiger partial charge is 0.307 e. The Labute approximate surface area is 179 Å². The summed E-state index contributed by atoms with van der Waals surface area (Å²) < 4.78 is 1.96. The molecule has 1 aromatic heterocycles. The van der Waals surface area contributed by atoms with Crippen LogP contribution >= 0.6 is 0 Å². The highest BCUT2D eigenvalue weighted by molar-refractivity contribution is 6.00. The molecule has 4 rings (SSSR count). The molecule has 1 aliphatic rings. The van der Waals surface area contributed by atoms with Crippen LogP contribution in [0.5, 0.6) is 0 Å². The van der Waals surface area contributed by atoms with Gasteiger partial charge in [0.2, 0.25) is 5.91 Å². The van der Waals surface area contributed by atoms with Gasteiger partial charge in [-0.25, -0.2) is 4.68 Å². The lowest BCUT2D eigenvalue weighted by atomic mass is 9.95. The second-order valence-electron chi connectivity index (χ2n) is 7.58. The van der Waals surface area contributed by atoms with E-state index in [4.69, 9.17) is 0 Å². The maximum atomic E-state index is 13.2. The quantitative estimate of drug-likeness (QED) is 0.516. The third-order valence-corrected chi connectivity index (χ3v) is 5.28. The smallest absolute Gasteiger partial charge is 0.227 e. The van der Waals surface area contributed by atoms with Crippen LogP contribution in [-0.4, -0.2) is 20.9 Å². The second-order valence-corrected chi connectivity index (χ2v) is 7.58. The molecule has 1 aliphatic heterocycles. The number of anilines is 1. The molecule has 1 amide bonds. The molecule has 2 aromatic carbocycles. The van der Waals surface area contributed by atoms with Gasteiger partial charge in [-0.05, 0) is 31.9 Å². The van der Waals surface area contributed by atoms with E-state index in [2.05, 4.69) is 49.3 Å². The normalized spacial score (nSPS) is 12.1. The van der Waals surface area contributed by atoms with Gasteiger partial charge in [-0.1, -0.05) is 74.9 Å². The summed E-state index contributed by atoms with van der Waals surface area (Å²) in [5.41, 5.74) is 5.95. The van der Waals surface area contributed by atoms with Crippen molar-refractivity contribution in [2.75, 3.05) is 4.90 Å². The van der Waals surface area contributed by atoms with Crippen LogP contribution in [0.25, 0.3) is 22.5 Å². The molecule has 0 radical (unpaired) electrons. The van der Waals surface area contributed by atoms with Gasteiger partial charge in [-0.3, -0.25) is 4.79 Å². The first-order valence-electron chi connectivity index (χ1n) is 11.0. The van der Waals surface area contributed by atoms with Crippen molar-refractivity contribution >= 4 is 11.6 Å². The van der Waals surface area contributed by atoms with Crippen LogP contribution in [0.4, 0.5) is 5.69 Å². The molecular weight excluding hydrogens is 372 g/mol. The van der Waals surface area contributed by atoms with E-state index >= 15 is 0 Å². The van der Waals surface area contributed by atoms with E-state index in [-0.39, 0.29) is 11.9 Å². The van der Waals surface area contributed by atoms with Crippen molar-refractivity contribution < 1.29 is 4.79 Å². The summed E-state index contributed by atoms with van der Waals surface area (Å²) >= 11 is 0. The van der Waals surface area contributed by atoms with E-state index in [0.717, 1.165) is 46.6 Å². The van der Waals surface area contributed by atoms with Crippen LogP contribution in [0.15, 0.2) is 48.5 Å². The number of amides is 1. The average Bonchev–Trinajstić information content (AvgIpc) is 3.21. The number of aromatic nitrogens is 3. The van der Waals surface area contributed by atoms with Crippen molar-refractivity contribution in [1.82, 2.24) is 15.0 Å². The molecule has 0 fully saturated rings. The molecule has 0 atom stereocenters. The van der Waals surface area contributed by atoms with Crippen LogP contribution in [0.1, 0.15) is 65.5 Å². The Bertz CT molecular complexity index is 1010. The standard InChI is InChI=1S/C23H26N4O.C2H6/c1-4-5-14-21(28)26-15-17-10-6-7-11-18(17)22-23(27(16(2)3)25-24-22)19-12-8-9-13-20(19)26;1-2/h6-13,16H,4-5,14-15H2,1-3H3;1-2H3. The number of carbonyl (C=O) groups excluding carboxylic acids is 1. The zero-order valence-corrected chi connectivity index (χ0v) is 18.7. The molecule has 0 spiro atoms. The molecule has 0 saturated carbocycles. The van der Waals surface area contributed by atoms with Crippen LogP contribution in [-0.2, 0) is 11.3 Å². The molecule has 2 heterocycles. The third kappa shape index (κ3) is 4.02. The Morgan fingerprint density at radius 1 is 1.03 bits per heavy atom. The predicted octanol–water partition coefficient (Wildman–Crippen LogP) is 6.26. The van der Waals surface area contributed by atoms with Gasteiger partial charge in [0.1, 0.15) is 5.69 Å². The molecule has 0 unspecified atom stereocenters. The van der Waals surface area contributed by atoms with E-state index in [1.807, 2.05) is 53.8 Å². The summed E-state index contributed by atoms with van der Waals surface area (Å²) in [5.74, 6) is 0.163. The van der Waals surface area contributed by atoms with E-state index in [1.165, 1.54) is 0 Å². The van der Waals surface area contributed by atoms with Crippen LogP contribution in [0.2, 0.25) is 0 Å². The first-order chi connectivity index (χ1) is 14.6. The summed E-state index contributed by atoms with van der Waals surface area (Å²) in [6.07, 6.45) is 2.46. The summed E-state index contributed by atoms with van der Waals surface area (Å²) in [4.78, 5) is 15.1. The van der Waals surface area contributed by atoms with Gasteiger partial charge in [0, 0.05) is 23.6 Å². The Morgan fingerprint density at radius 2 is 1.70 bits per heavy atom. The lowest BCUT2D eigenvalue weighted by molar-refractivity contribution is -0.118. The summed E-state index contributed by atoms with van der Waals surface area (Å²) in [7, 11) is 0. The Balaban J connectivity index is 0.00000124. The summed E-state index contributed by atoms with van der Waals surface area (Å²) in [6.45, 7) is 10.9. The molecule has 5 heteroatoms. The Kier molecular flexibility index (Phi) is 7.03. The minimum Gasteiger partial charge on any atom is -0.307 e. The zero-order chi connectivity index (χ0) is 21.7. The molecular formula is C25H32N4O. The van der Waals surface area contributed by atoms with Crippen LogP contribution in [0.3, 0.4) is 0 Å². The highest BCUT2D eigenvalue weighted by Crippen LogP contribution is 2.41. The van der Waals surface area contributed by atoms with Gasteiger partial charge >= 0.3 is 0 Å². The first-order valence-corrected chi connectivity index (χ1v) is 11.0. The zero-order valence-electron chi connectivity index (χ0n) is 18.7. The van der Waals surface area contributed by atoms with Gasteiger partial charge in [-0.15, -0.1) is 5.10 Å². The van der Waals surface area contributed by atoms with Crippen molar-refractivity contribution in [2.24, 2.45) is 0 Å². The topological polar surface area (TPSA) is 51.0 Å². The first kappa shape index (κ1) is 21.8. The van der Waals surface area contributed by atoms with Crippen molar-refractivity contribution in [3.8, 4) is 22.5 Å². The van der Waals surface area contributed by atoms with Gasteiger partial charge in [0.15, 0.2) is 0 Å². The minimum absolute atomic E-state index is 0.163. The van der Waals surface area contributed by atoms with Gasteiger partial charge in [0.05, 0.1) is 17.9 Å². The summed E-state index contributed by atoms with van der Waals surface area (Å²) in [6, 6.07) is 16.5. The SMILES string of the molecule is CC.CCCCC(=O)N1Cc2ccccc2-c2nnn(C(C)C)c2-c2ccccc21. The highest BCUT2D eigenvalue weighted by Gasteiger charge is 2.29. The van der Waals surface area contributed by atoms with Crippen molar-refractivity contribution in [3.05, 3.63) is 54.1 Å². The van der Waals surface area contributed by atoms with Gasteiger partial charge in [0.25, 0.3) is 0 Å². The van der Waals surface area contributed by atoms with E-state index in [9.17, 15) is 4.79 Å². The number of fused-ring (bicyclic) bond motifs is 5. The number of rotatable bonds is 4. The molecule has 158 valence electrons. The number of para-hydroxylation sites is 1. The molecule has 0 aliphatic carbocycles. The van der Waals surface area contributed by atoms with Gasteiger partial charge in [-0.2, -0.15) is 0 Å². The lowest BCUT2D eigenvalue weighted by Crippen LogP contribution is -2.31. The fraction of sp³-hybridized carbons (Fsp3) is 0.400. The maximum absolute atomic E-state index is 13.2. The van der Waals surface area contributed by atoms with Crippen LogP contribution < -0.4 is 4.90 Å². The number of hydrogen-bond donors (Lipinski definition) is 0. The summed E-state index contributed by atoms with van der Waals surface area (Å²) in [5, 5.41) is 9.01. The number of hydrogen-bond acceptors (Lipinski definition) is 3. The Hall–Kier alpha value is -2.95. The maximum Gasteiger partial charge on any atom is 0.227 e. The highest BCUT2D eigenvalue weighted by atomic mass is 16.2. The van der Waals surface area contributed by atoms with E-state index in [1.54, 1.807) is 0 Å². The van der Waals surface area contributed by atoms with Crippen molar-refractivity contribution in [3.63, 3.8) is 0 Å². The number of benzene rings is 2. The fourth-order valence-electron chi connectivity index (χ4n) is 3.83. The molecule has 30 heavy (non-hydrogen) atoms. The van der Waals surface area contributed by atoms with E-state index in [0.29, 0.717) is 13.0 Å². The molecule has 3 aromatic rings. The second kappa shape index (κ2) is 9.70. The fourth-order valence-corrected chi connectivity index (χ4v) is 3.83. The monoisotopic (exact) mass is 404 g/mol. The predicted molar refractivity (Wildman–Crippen MR) is 123 cm³/mol. The van der Waals surface area contributed by atoms with Crippen molar-refractivity contribution in [1.29, 1.82) is 0 Å². The molecule has 5 nitrogen and oxygen atoms in total. The number of carbonyl (C=O) groups is 1. The Morgan fingerprint density at radius 3 is 2.40 bits per heavy atom. The average molecular weight is 405 g/mol. The van der Waals surface area contributed by atoms with Crippen LogP contribution in [0, 0.1) is 0 Å². The van der Waals surface area contributed by atoms with E-state index < -0.39 is 0 Å². The number of nitrogens with zero attached hydrogens (tertiary/aromatic N) is 4. The van der Waals surface area contributed by atoms with Gasteiger partial charge < -0.3 is 4.90 Å². The minimum atomic E-state index is 0.163. The molecule has 0 bridgehead atoms. The molecule has 0 saturated heterocycles. The molecule has 0 N–H and O–H groups in total.